The average Bonchev–Trinajstić information content (AvgIpc) is 3.10. The highest BCUT2D eigenvalue weighted by Crippen LogP contribution is 2.40. The average molecular weight is 429 g/mol. The van der Waals surface area contributed by atoms with Gasteiger partial charge in [0.25, 0.3) is 0 Å². The van der Waals surface area contributed by atoms with Crippen LogP contribution in [0.15, 0.2) is 0 Å². The molecule has 1 aliphatic heterocycles. The molecule has 0 unspecified atom stereocenters. The van der Waals surface area contributed by atoms with Crippen molar-refractivity contribution in [1.82, 2.24) is 14.9 Å². The standard InChI is InChI=1S/C24H36N4OS/c1-6-16(2)21-25-22(20-17-9-7-8-10-18(17)30-23(20)26-21)28-13-11-27(12-14-28)19(29)15-24(3,4)5/h16H,6-15H2,1-5H3/t16-/m1/s1. The maximum atomic E-state index is 12.7. The van der Waals surface area contributed by atoms with Crippen molar-refractivity contribution >= 4 is 33.3 Å². The van der Waals surface area contributed by atoms with E-state index < -0.39 is 0 Å². The summed E-state index contributed by atoms with van der Waals surface area (Å²) in [5, 5.41) is 1.30. The molecule has 5 nitrogen and oxygen atoms in total. The lowest BCUT2D eigenvalue weighted by atomic mass is 9.91. The molecule has 0 bridgehead atoms. The molecule has 1 saturated heterocycles. The number of rotatable bonds is 4. The number of fused-ring (bicyclic) bond motifs is 3. The van der Waals surface area contributed by atoms with Gasteiger partial charge in [-0.3, -0.25) is 4.79 Å². The molecule has 164 valence electrons. The molecule has 30 heavy (non-hydrogen) atoms. The summed E-state index contributed by atoms with van der Waals surface area (Å²) in [6.07, 6.45) is 6.55. The SMILES string of the molecule is CC[C@@H](C)c1nc(N2CCN(C(=O)CC(C)(C)C)CC2)c2c3c(sc2n1)CCCC3. The van der Waals surface area contributed by atoms with Crippen LogP contribution < -0.4 is 4.90 Å². The van der Waals surface area contributed by atoms with Gasteiger partial charge in [-0.25, -0.2) is 9.97 Å². The summed E-state index contributed by atoms with van der Waals surface area (Å²) in [6, 6.07) is 0. The number of thiophene rings is 1. The number of carbonyl (C=O) groups is 1. The highest BCUT2D eigenvalue weighted by Gasteiger charge is 2.29. The van der Waals surface area contributed by atoms with Crippen molar-refractivity contribution < 1.29 is 4.79 Å². The Morgan fingerprint density at radius 2 is 1.80 bits per heavy atom. The van der Waals surface area contributed by atoms with Crippen LogP contribution in [0.1, 0.15) is 82.5 Å². The number of carbonyl (C=O) groups excluding carboxylic acids is 1. The molecule has 1 amide bonds. The molecule has 0 saturated carbocycles. The van der Waals surface area contributed by atoms with Crippen LogP contribution in [-0.4, -0.2) is 47.0 Å². The predicted molar refractivity (Wildman–Crippen MR) is 126 cm³/mol. The smallest absolute Gasteiger partial charge is 0.223 e. The van der Waals surface area contributed by atoms with Crippen LogP contribution >= 0.6 is 11.3 Å². The van der Waals surface area contributed by atoms with Crippen LogP contribution in [0.3, 0.4) is 0 Å². The van der Waals surface area contributed by atoms with Crippen LogP contribution in [0.2, 0.25) is 0 Å². The van der Waals surface area contributed by atoms with Gasteiger partial charge < -0.3 is 9.80 Å². The van der Waals surface area contributed by atoms with E-state index in [1.165, 1.54) is 39.9 Å². The van der Waals surface area contributed by atoms with Gasteiger partial charge in [0.1, 0.15) is 16.5 Å². The largest absolute Gasteiger partial charge is 0.352 e. The number of anilines is 1. The second-order valence-corrected chi connectivity index (χ2v) is 11.3. The molecule has 3 heterocycles. The van der Waals surface area contributed by atoms with Gasteiger partial charge in [-0.15, -0.1) is 11.3 Å². The van der Waals surface area contributed by atoms with Gasteiger partial charge in [0.2, 0.25) is 5.91 Å². The van der Waals surface area contributed by atoms with Crippen LogP contribution in [0, 0.1) is 5.41 Å². The summed E-state index contributed by atoms with van der Waals surface area (Å²) < 4.78 is 0. The fraction of sp³-hybridized carbons (Fsp3) is 0.708. The van der Waals surface area contributed by atoms with Crippen molar-refractivity contribution in [3.05, 3.63) is 16.3 Å². The summed E-state index contributed by atoms with van der Waals surface area (Å²) in [7, 11) is 0. The summed E-state index contributed by atoms with van der Waals surface area (Å²) in [4.78, 5) is 30.0. The Bertz CT molecular complexity index is 921. The highest BCUT2D eigenvalue weighted by atomic mass is 32.1. The number of aromatic nitrogens is 2. The monoisotopic (exact) mass is 428 g/mol. The molecule has 0 radical (unpaired) electrons. The van der Waals surface area contributed by atoms with E-state index in [0.29, 0.717) is 12.3 Å². The molecule has 0 aromatic carbocycles. The topological polar surface area (TPSA) is 49.3 Å². The maximum Gasteiger partial charge on any atom is 0.223 e. The molecular weight excluding hydrogens is 392 g/mol. The molecule has 0 spiro atoms. The number of amides is 1. The second-order valence-electron chi connectivity index (χ2n) is 10.2. The summed E-state index contributed by atoms with van der Waals surface area (Å²) in [5.74, 6) is 2.74. The van der Waals surface area contributed by atoms with Gasteiger partial charge in [0.05, 0.1) is 5.39 Å². The molecule has 6 heteroatoms. The van der Waals surface area contributed by atoms with E-state index in [2.05, 4.69) is 39.5 Å². The van der Waals surface area contributed by atoms with E-state index in [-0.39, 0.29) is 11.3 Å². The second kappa shape index (κ2) is 8.45. The number of nitrogens with zero attached hydrogens (tertiary/aromatic N) is 4. The lowest BCUT2D eigenvalue weighted by molar-refractivity contribution is -0.133. The zero-order valence-electron chi connectivity index (χ0n) is 19.3. The number of piperazine rings is 1. The Morgan fingerprint density at radius 1 is 1.10 bits per heavy atom. The van der Waals surface area contributed by atoms with E-state index >= 15 is 0 Å². The quantitative estimate of drug-likeness (QED) is 0.674. The Hall–Kier alpha value is -1.69. The minimum absolute atomic E-state index is 0.0357. The fourth-order valence-corrected chi connectivity index (χ4v) is 5.78. The third-order valence-electron chi connectivity index (χ3n) is 6.48. The van der Waals surface area contributed by atoms with Crippen LogP contribution in [-0.2, 0) is 17.6 Å². The third kappa shape index (κ3) is 4.34. The molecule has 2 aromatic rings. The Kier molecular flexibility index (Phi) is 6.06. The van der Waals surface area contributed by atoms with Crippen LogP contribution in [0.25, 0.3) is 10.2 Å². The first-order valence-corrected chi connectivity index (χ1v) is 12.4. The Labute approximate surface area is 184 Å². The van der Waals surface area contributed by atoms with E-state index in [0.717, 1.165) is 50.7 Å². The summed E-state index contributed by atoms with van der Waals surface area (Å²) in [6.45, 7) is 14.1. The van der Waals surface area contributed by atoms with E-state index in [1.54, 1.807) is 0 Å². The normalized spacial score (nSPS) is 18.6. The van der Waals surface area contributed by atoms with Crippen molar-refractivity contribution in [2.45, 2.75) is 79.1 Å². The molecule has 1 atom stereocenters. The van der Waals surface area contributed by atoms with Gasteiger partial charge in [-0.2, -0.15) is 0 Å². The lowest BCUT2D eigenvalue weighted by Gasteiger charge is -2.37. The first-order chi connectivity index (χ1) is 14.3. The molecule has 2 aliphatic rings. The van der Waals surface area contributed by atoms with E-state index in [4.69, 9.17) is 9.97 Å². The van der Waals surface area contributed by atoms with Gasteiger partial charge in [-0.05, 0) is 43.1 Å². The van der Waals surface area contributed by atoms with Crippen molar-refractivity contribution in [2.24, 2.45) is 5.41 Å². The van der Waals surface area contributed by atoms with E-state index in [1.807, 2.05) is 16.2 Å². The van der Waals surface area contributed by atoms with Crippen molar-refractivity contribution in [1.29, 1.82) is 0 Å². The molecule has 1 aliphatic carbocycles. The van der Waals surface area contributed by atoms with Gasteiger partial charge in [0, 0.05) is 43.4 Å². The summed E-state index contributed by atoms with van der Waals surface area (Å²) >= 11 is 1.89. The molecule has 0 N–H and O–H groups in total. The Morgan fingerprint density at radius 3 is 2.47 bits per heavy atom. The summed E-state index contributed by atoms with van der Waals surface area (Å²) in [5.41, 5.74) is 1.53. The molecule has 2 aromatic heterocycles. The van der Waals surface area contributed by atoms with Gasteiger partial charge in [0.15, 0.2) is 0 Å². The number of aryl methyl sites for hydroxylation is 2. The maximum absolute atomic E-state index is 12.7. The molecule has 1 fully saturated rings. The lowest BCUT2D eigenvalue weighted by Crippen LogP contribution is -2.49. The van der Waals surface area contributed by atoms with Crippen molar-refractivity contribution in [3.63, 3.8) is 0 Å². The van der Waals surface area contributed by atoms with Crippen molar-refractivity contribution in [3.8, 4) is 0 Å². The predicted octanol–water partition coefficient (Wildman–Crippen LogP) is 5.17. The zero-order valence-corrected chi connectivity index (χ0v) is 20.1. The van der Waals surface area contributed by atoms with E-state index in [9.17, 15) is 4.79 Å². The van der Waals surface area contributed by atoms with Crippen LogP contribution in [0.5, 0.6) is 0 Å². The fourth-order valence-electron chi connectivity index (χ4n) is 4.52. The van der Waals surface area contributed by atoms with Crippen LogP contribution in [0.4, 0.5) is 5.82 Å². The molecule has 4 rings (SSSR count). The van der Waals surface area contributed by atoms with Gasteiger partial charge in [-0.1, -0.05) is 34.6 Å². The highest BCUT2D eigenvalue weighted by molar-refractivity contribution is 7.19. The van der Waals surface area contributed by atoms with Gasteiger partial charge >= 0.3 is 0 Å². The minimum atomic E-state index is 0.0357. The Balaban J connectivity index is 1.63. The first-order valence-electron chi connectivity index (χ1n) is 11.6. The van der Waals surface area contributed by atoms with Crippen molar-refractivity contribution in [2.75, 3.05) is 31.1 Å². The molecular formula is C24H36N4OS. The number of hydrogen-bond acceptors (Lipinski definition) is 5. The third-order valence-corrected chi connectivity index (χ3v) is 7.67. The zero-order chi connectivity index (χ0) is 21.5. The number of hydrogen-bond donors (Lipinski definition) is 0. The minimum Gasteiger partial charge on any atom is -0.352 e. The first kappa shape index (κ1) is 21.5.